The van der Waals surface area contributed by atoms with Crippen LogP contribution in [0.2, 0.25) is 0 Å². The number of oxazole rings is 1. The van der Waals surface area contributed by atoms with Crippen LogP contribution in [0.3, 0.4) is 0 Å². The van der Waals surface area contributed by atoms with Crippen molar-refractivity contribution in [1.29, 1.82) is 0 Å². The molecule has 0 radical (unpaired) electrons. The maximum Gasteiger partial charge on any atom is 0.227 e. The van der Waals surface area contributed by atoms with E-state index in [4.69, 9.17) is 18.2 Å². The summed E-state index contributed by atoms with van der Waals surface area (Å²) < 4.78 is 19.2. The Hall–Kier alpha value is -7.37. The first-order valence-electron chi connectivity index (χ1n) is 18.0. The molecule has 11 rings (SSSR count). The Morgan fingerprint density at radius 1 is 0.352 bits per heavy atom. The molecule has 11 aromatic rings. The van der Waals surface area contributed by atoms with Gasteiger partial charge < -0.3 is 18.2 Å². The van der Waals surface area contributed by atoms with Crippen molar-refractivity contribution < 1.29 is 13.3 Å². The van der Waals surface area contributed by atoms with E-state index in [1.54, 1.807) is 0 Å². The number of benzene rings is 8. The lowest BCUT2D eigenvalue weighted by Gasteiger charge is -2.26. The Morgan fingerprint density at radius 2 is 0.963 bits per heavy atom. The molecule has 0 atom stereocenters. The van der Waals surface area contributed by atoms with Crippen LogP contribution in [-0.4, -0.2) is 4.98 Å². The molecule has 5 nitrogen and oxygen atoms in total. The molecular weight excluding hydrogens is 665 g/mol. The highest BCUT2D eigenvalue weighted by atomic mass is 16.4. The largest absolute Gasteiger partial charge is 0.456 e. The van der Waals surface area contributed by atoms with Crippen molar-refractivity contribution in [3.05, 3.63) is 182 Å². The summed E-state index contributed by atoms with van der Waals surface area (Å²) >= 11 is 0. The molecule has 0 bridgehead atoms. The highest BCUT2D eigenvalue weighted by Crippen LogP contribution is 2.45. The molecule has 0 N–H and O–H groups in total. The smallest absolute Gasteiger partial charge is 0.227 e. The standard InChI is InChI=1S/C49H30N2O3/c1-3-12-31(13-4-1)34-16-11-17-36(28-34)51(37-26-27-39-38-18-7-9-20-41(38)52-43(39)29-37)35-24-22-32(23-25-35)46-47-40-19-8-10-21-42(40)53-44(47)30-45-48(46)50-49(54-45)33-14-5-2-6-15-33/h1-30H. The van der Waals surface area contributed by atoms with E-state index in [2.05, 4.69) is 114 Å². The number of furan rings is 2. The number of hydrogen-bond acceptors (Lipinski definition) is 5. The molecule has 54 heavy (non-hydrogen) atoms. The summed E-state index contributed by atoms with van der Waals surface area (Å²) in [7, 11) is 0. The number of anilines is 3. The second-order valence-corrected chi connectivity index (χ2v) is 13.5. The molecule has 0 saturated heterocycles. The van der Waals surface area contributed by atoms with Crippen molar-refractivity contribution >= 4 is 72.0 Å². The quantitative estimate of drug-likeness (QED) is 0.173. The topological polar surface area (TPSA) is 55.6 Å². The first-order valence-corrected chi connectivity index (χ1v) is 18.0. The molecule has 0 saturated carbocycles. The van der Waals surface area contributed by atoms with E-state index >= 15 is 0 Å². The molecule has 5 heteroatoms. The zero-order valence-corrected chi connectivity index (χ0v) is 28.9. The van der Waals surface area contributed by atoms with Crippen LogP contribution in [0.4, 0.5) is 17.1 Å². The van der Waals surface area contributed by atoms with Crippen LogP contribution in [-0.2, 0) is 0 Å². The lowest BCUT2D eigenvalue weighted by Crippen LogP contribution is -2.10. The zero-order valence-electron chi connectivity index (χ0n) is 28.9. The van der Waals surface area contributed by atoms with Crippen LogP contribution in [0.1, 0.15) is 0 Å². The zero-order chi connectivity index (χ0) is 35.6. The van der Waals surface area contributed by atoms with E-state index < -0.39 is 0 Å². The van der Waals surface area contributed by atoms with Crippen LogP contribution in [0, 0.1) is 0 Å². The number of aromatic nitrogens is 1. The number of fused-ring (bicyclic) bond motifs is 7. The van der Waals surface area contributed by atoms with Gasteiger partial charge in [-0.1, -0.05) is 109 Å². The van der Waals surface area contributed by atoms with E-state index in [0.717, 1.165) is 94.3 Å². The van der Waals surface area contributed by atoms with E-state index in [9.17, 15) is 0 Å². The number of nitrogens with zero attached hydrogens (tertiary/aromatic N) is 2. The van der Waals surface area contributed by atoms with Crippen molar-refractivity contribution in [2.75, 3.05) is 4.90 Å². The fourth-order valence-electron chi connectivity index (χ4n) is 7.79. The Bertz CT molecular complexity index is 3160. The third-order valence-electron chi connectivity index (χ3n) is 10.3. The highest BCUT2D eigenvalue weighted by molar-refractivity contribution is 6.19. The minimum atomic E-state index is 0.575. The van der Waals surface area contributed by atoms with Gasteiger partial charge in [-0.2, -0.15) is 0 Å². The van der Waals surface area contributed by atoms with E-state index in [-0.39, 0.29) is 0 Å². The van der Waals surface area contributed by atoms with Gasteiger partial charge in [-0.3, -0.25) is 0 Å². The fraction of sp³-hybridized carbons (Fsp3) is 0. The van der Waals surface area contributed by atoms with Gasteiger partial charge in [0.1, 0.15) is 27.8 Å². The summed E-state index contributed by atoms with van der Waals surface area (Å²) in [6.07, 6.45) is 0. The first-order chi connectivity index (χ1) is 26.7. The molecule has 3 aromatic heterocycles. The SMILES string of the molecule is c1ccc(-c2cccc(N(c3ccc(-c4c5nc(-c6ccccc6)oc5cc5oc6ccccc6c45)cc3)c3ccc4c(c3)oc3ccccc34)c2)cc1. The first kappa shape index (κ1) is 30.3. The average molecular weight is 695 g/mol. The molecule has 0 aliphatic carbocycles. The molecule has 254 valence electrons. The van der Waals surface area contributed by atoms with Crippen molar-refractivity contribution in [3.8, 4) is 33.7 Å². The maximum atomic E-state index is 6.41. The van der Waals surface area contributed by atoms with Crippen molar-refractivity contribution in [2.45, 2.75) is 0 Å². The molecule has 0 unspecified atom stereocenters. The van der Waals surface area contributed by atoms with Gasteiger partial charge in [-0.15, -0.1) is 0 Å². The van der Waals surface area contributed by atoms with E-state index in [1.165, 1.54) is 0 Å². The van der Waals surface area contributed by atoms with E-state index in [1.807, 2.05) is 72.8 Å². The van der Waals surface area contributed by atoms with Crippen molar-refractivity contribution in [1.82, 2.24) is 4.98 Å². The van der Waals surface area contributed by atoms with Gasteiger partial charge in [0.2, 0.25) is 5.89 Å². The van der Waals surface area contributed by atoms with Crippen LogP contribution >= 0.6 is 0 Å². The molecule has 0 aliphatic heterocycles. The second-order valence-electron chi connectivity index (χ2n) is 13.5. The van der Waals surface area contributed by atoms with Gasteiger partial charge in [0.05, 0.1) is 0 Å². The summed E-state index contributed by atoms with van der Waals surface area (Å²) in [5.74, 6) is 0.575. The monoisotopic (exact) mass is 694 g/mol. The number of rotatable bonds is 6. The minimum Gasteiger partial charge on any atom is -0.456 e. The fourth-order valence-corrected chi connectivity index (χ4v) is 7.79. The Kier molecular flexibility index (Phi) is 6.79. The predicted octanol–water partition coefficient (Wildman–Crippen LogP) is 14.1. The molecule has 0 spiro atoms. The predicted molar refractivity (Wildman–Crippen MR) is 220 cm³/mol. The molecule has 0 aliphatic rings. The normalized spacial score (nSPS) is 11.7. The highest BCUT2D eigenvalue weighted by Gasteiger charge is 2.22. The van der Waals surface area contributed by atoms with Crippen molar-refractivity contribution in [2.24, 2.45) is 0 Å². The minimum absolute atomic E-state index is 0.575. The van der Waals surface area contributed by atoms with Gasteiger partial charge in [-0.25, -0.2) is 4.98 Å². The third kappa shape index (κ3) is 4.90. The van der Waals surface area contributed by atoms with Gasteiger partial charge in [0.15, 0.2) is 5.58 Å². The average Bonchev–Trinajstić information content (AvgIpc) is 3.94. The Morgan fingerprint density at radius 3 is 1.76 bits per heavy atom. The lowest BCUT2D eigenvalue weighted by atomic mass is 9.97. The van der Waals surface area contributed by atoms with Gasteiger partial charge in [0, 0.05) is 61.9 Å². The third-order valence-corrected chi connectivity index (χ3v) is 10.3. The molecule has 8 aromatic carbocycles. The van der Waals surface area contributed by atoms with Crippen LogP contribution in [0.5, 0.6) is 0 Å². The van der Waals surface area contributed by atoms with Gasteiger partial charge in [-0.05, 0) is 77.4 Å². The van der Waals surface area contributed by atoms with Gasteiger partial charge in [0.25, 0.3) is 0 Å². The summed E-state index contributed by atoms with van der Waals surface area (Å²) in [6.45, 7) is 0. The van der Waals surface area contributed by atoms with Crippen LogP contribution < -0.4 is 4.90 Å². The lowest BCUT2D eigenvalue weighted by molar-refractivity contribution is 0.617. The van der Waals surface area contributed by atoms with Crippen molar-refractivity contribution in [3.63, 3.8) is 0 Å². The molecule has 0 fully saturated rings. The van der Waals surface area contributed by atoms with Gasteiger partial charge >= 0.3 is 0 Å². The summed E-state index contributed by atoms with van der Waals surface area (Å²) in [4.78, 5) is 7.39. The maximum absolute atomic E-state index is 6.41. The molecule has 0 amide bonds. The van der Waals surface area contributed by atoms with Crippen LogP contribution in [0.15, 0.2) is 195 Å². The van der Waals surface area contributed by atoms with Crippen LogP contribution in [0.25, 0.3) is 88.7 Å². The summed E-state index contributed by atoms with van der Waals surface area (Å²) in [5, 5.41) is 4.25. The van der Waals surface area contributed by atoms with E-state index in [0.29, 0.717) is 11.5 Å². The Balaban J connectivity index is 1.10. The summed E-state index contributed by atoms with van der Waals surface area (Å²) in [6, 6.07) is 62.7. The molecular formula is C49H30N2O3. The second kappa shape index (κ2) is 12.1. The summed E-state index contributed by atoms with van der Waals surface area (Å²) in [5.41, 5.74) is 13.0. The Labute approximate surface area is 309 Å². The number of hydrogen-bond donors (Lipinski definition) is 0. The molecule has 3 heterocycles. The number of para-hydroxylation sites is 2.